The van der Waals surface area contributed by atoms with Crippen molar-refractivity contribution in [2.45, 2.75) is 19.2 Å². The van der Waals surface area contributed by atoms with Gasteiger partial charge >= 0.3 is 0 Å². The molecule has 0 amide bonds. The standard InChI is InChI=1S/C15H13Cl2F/c1-9-3-5-12(10(2)7-9)15(17)11-4-6-14(18)13(16)8-11/h3-8,15H,1-2H3. The Kier molecular flexibility index (Phi) is 3.94. The molecule has 1 atom stereocenters. The van der Waals surface area contributed by atoms with Gasteiger partial charge in [-0.3, -0.25) is 0 Å². The Labute approximate surface area is 116 Å². The molecule has 0 aliphatic rings. The van der Waals surface area contributed by atoms with Crippen molar-refractivity contribution >= 4 is 23.2 Å². The fourth-order valence-electron chi connectivity index (χ4n) is 1.96. The molecule has 2 rings (SSSR count). The molecule has 0 fully saturated rings. The largest absolute Gasteiger partial charge is 0.205 e. The van der Waals surface area contributed by atoms with Gasteiger partial charge in [-0.2, -0.15) is 0 Å². The van der Waals surface area contributed by atoms with Crippen LogP contribution in [0.3, 0.4) is 0 Å². The molecule has 0 saturated carbocycles. The Morgan fingerprint density at radius 2 is 1.78 bits per heavy atom. The normalized spacial score (nSPS) is 12.5. The highest BCUT2D eigenvalue weighted by Gasteiger charge is 2.14. The molecule has 3 heteroatoms. The number of hydrogen-bond donors (Lipinski definition) is 0. The van der Waals surface area contributed by atoms with Gasteiger partial charge in [-0.25, -0.2) is 4.39 Å². The van der Waals surface area contributed by atoms with Crippen LogP contribution in [-0.4, -0.2) is 0 Å². The van der Waals surface area contributed by atoms with Gasteiger partial charge in [-0.15, -0.1) is 11.6 Å². The van der Waals surface area contributed by atoms with E-state index < -0.39 is 5.82 Å². The molecule has 1 unspecified atom stereocenters. The first-order chi connectivity index (χ1) is 8.49. The topological polar surface area (TPSA) is 0 Å². The van der Waals surface area contributed by atoms with Crippen LogP contribution in [0.15, 0.2) is 36.4 Å². The van der Waals surface area contributed by atoms with Gasteiger partial charge in [0.25, 0.3) is 0 Å². The second-order valence-electron chi connectivity index (χ2n) is 4.40. The van der Waals surface area contributed by atoms with Crippen molar-refractivity contribution in [3.05, 3.63) is 69.5 Å². The van der Waals surface area contributed by atoms with Crippen molar-refractivity contribution < 1.29 is 4.39 Å². The first-order valence-electron chi connectivity index (χ1n) is 5.65. The molecule has 0 aromatic heterocycles. The predicted octanol–water partition coefficient (Wildman–Crippen LogP) is 5.42. The van der Waals surface area contributed by atoms with Gasteiger partial charge in [0.05, 0.1) is 10.4 Å². The molecule has 0 aliphatic carbocycles. The lowest BCUT2D eigenvalue weighted by molar-refractivity contribution is 0.627. The molecule has 0 bridgehead atoms. The molecular weight excluding hydrogens is 270 g/mol. The van der Waals surface area contributed by atoms with E-state index in [0.29, 0.717) is 0 Å². The number of hydrogen-bond acceptors (Lipinski definition) is 0. The number of benzene rings is 2. The van der Waals surface area contributed by atoms with Crippen molar-refractivity contribution in [3.63, 3.8) is 0 Å². The lowest BCUT2D eigenvalue weighted by Crippen LogP contribution is -1.97. The van der Waals surface area contributed by atoms with Gasteiger partial charge in [-0.1, -0.05) is 41.4 Å². The molecule has 0 aliphatic heterocycles. The minimum absolute atomic E-state index is 0.0999. The summed E-state index contributed by atoms with van der Waals surface area (Å²) in [5, 5.41) is -0.216. The highest BCUT2D eigenvalue weighted by molar-refractivity contribution is 6.31. The van der Waals surface area contributed by atoms with E-state index in [2.05, 4.69) is 6.07 Å². The third-order valence-corrected chi connectivity index (χ3v) is 3.71. The SMILES string of the molecule is Cc1ccc(C(Cl)c2ccc(F)c(Cl)c2)c(C)c1. The third-order valence-electron chi connectivity index (χ3n) is 2.93. The van der Waals surface area contributed by atoms with Gasteiger partial charge < -0.3 is 0 Å². The lowest BCUT2D eigenvalue weighted by atomic mass is 9.98. The summed E-state index contributed by atoms with van der Waals surface area (Å²) in [6.07, 6.45) is 0. The fraction of sp³-hybridized carbons (Fsp3) is 0.200. The summed E-state index contributed by atoms with van der Waals surface area (Å²) in [6, 6.07) is 10.7. The summed E-state index contributed by atoms with van der Waals surface area (Å²) in [5.41, 5.74) is 4.13. The lowest BCUT2D eigenvalue weighted by Gasteiger charge is -2.14. The molecule has 2 aromatic carbocycles. The van der Waals surface area contributed by atoms with E-state index in [1.54, 1.807) is 12.1 Å². The number of alkyl halides is 1. The Hall–Kier alpha value is -1.05. The van der Waals surface area contributed by atoms with Gasteiger partial charge in [0.1, 0.15) is 5.82 Å². The van der Waals surface area contributed by atoms with E-state index in [9.17, 15) is 4.39 Å². The van der Waals surface area contributed by atoms with E-state index in [1.165, 1.54) is 11.6 Å². The summed E-state index contributed by atoms with van der Waals surface area (Å²) in [7, 11) is 0. The summed E-state index contributed by atoms with van der Waals surface area (Å²) in [5.74, 6) is -0.426. The Bertz CT molecular complexity index is 579. The van der Waals surface area contributed by atoms with Crippen molar-refractivity contribution in [2.75, 3.05) is 0 Å². The molecule has 0 N–H and O–H groups in total. The highest BCUT2D eigenvalue weighted by Crippen LogP contribution is 2.33. The summed E-state index contributed by atoms with van der Waals surface area (Å²) >= 11 is 12.2. The zero-order valence-corrected chi connectivity index (χ0v) is 11.7. The molecule has 2 aromatic rings. The number of rotatable bonds is 2. The zero-order chi connectivity index (χ0) is 13.3. The van der Waals surface area contributed by atoms with Crippen molar-refractivity contribution in [1.29, 1.82) is 0 Å². The highest BCUT2D eigenvalue weighted by atomic mass is 35.5. The van der Waals surface area contributed by atoms with Crippen molar-refractivity contribution in [2.24, 2.45) is 0 Å². The number of aryl methyl sites for hydroxylation is 2. The van der Waals surface area contributed by atoms with Gasteiger partial charge in [0.2, 0.25) is 0 Å². The first kappa shape index (κ1) is 13.4. The van der Waals surface area contributed by atoms with Crippen LogP contribution in [0.25, 0.3) is 0 Å². The van der Waals surface area contributed by atoms with Crippen molar-refractivity contribution in [3.8, 4) is 0 Å². The Morgan fingerprint density at radius 3 is 2.39 bits per heavy atom. The molecule has 94 valence electrons. The maximum Gasteiger partial charge on any atom is 0.141 e. The van der Waals surface area contributed by atoms with E-state index in [1.807, 2.05) is 26.0 Å². The zero-order valence-electron chi connectivity index (χ0n) is 10.2. The molecule has 0 radical (unpaired) electrons. The van der Waals surface area contributed by atoms with Crippen LogP contribution in [0.4, 0.5) is 4.39 Å². The van der Waals surface area contributed by atoms with E-state index in [0.717, 1.165) is 16.7 Å². The van der Waals surface area contributed by atoms with Crippen LogP contribution in [0, 0.1) is 19.7 Å². The molecule has 0 spiro atoms. The Morgan fingerprint density at radius 1 is 1.06 bits per heavy atom. The third kappa shape index (κ3) is 2.68. The quantitative estimate of drug-likeness (QED) is 0.645. The molecule has 18 heavy (non-hydrogen) atoms. The van der Waals surface area contributed by atoms with Gasteiger partial charge in [0, 0.05) is 0 Å². The maximum atomic E-state index is 13.1. The van der Waals surface area contributed by atoms with E-state index in [4.69, 9.17) is 23.2 Å². The average Bonchev–Trinajstić information content (AvgIpc) is 2.32. The smallest absolute Gasteiger partial charge is 0.141 e. The molecule has 0 nitrogen and oxygen atoms in total. The fourth-order valence-corrected chi connectivity index (χ4v) is 2.53. The maximum absolute atomic E-state index is 13.1. The molecule has 0 saturated heterocycles. The minimum atomic E-state index is -0.426. The predicted molar refractivity (Wildman–Crippen MR) is 75.0 cm³/mol. The Balaban J connectivity index is 2.41. The van der Waals surface area contributed by atoms with Crippen LogP contribution >= 0.6 is 23.2 Å². The average molecular weight is 283 g/mol. The monoisotopic (exact) mass is 282 g/mol. The summed E-state index contributed by atoms with van der Waals surface area (Å²) in [6.45, 7) is 4.05. The van der Waals surface area contributed by atoms with Crippen LogP contribution in [0.5, 0.6) is 0 Å². The summed E-state index contributed by atoms with van der Waals surface area (Å²) < 4.78 is 13.1. The summed E-state index contributed by atoms with van der Waals surface area (Å²) in [4.78, 5) is 0. The van der Waals surface area contributed by atoms with Crippen LogP contribution < -0.4 is 0 Å². The second kappa shape index (κ2) is 5.29. The molecule has 0 heterocycles. The van der Waals surface area contributed by atoms with Crippen LogP contribution in [0.2, 0.25) is 5.02 Å². The van der Waals surface area contributed by atoms with Crippen LogP contribution in [-0.2, 0) is 0 Å². The van der Waals surface area contributed by atoms with Crippen LogP contribution in [0.1, 0.15) is 27.6 Å². The van der Waals surface area contributed by atoms with Gasteiger partial charge in [-0.05, 0) is 42.7 Å². The first-order valence-corrected chi connectivity index (χ1v) is 6.46. The van der Waals surface area contributed by atoms with E-state index >= 15 is 0 Å². The minimum Gasteiger partial charge on any atom is -0.205 e. The van der Waals surface area contributed by atoms with Crippen molar-refractivity contribution in [1.82, 2.24) is 0 Å². The van der Waals surface area contributed by atoms with Gasteiger partial charge in [0.15, 0.2) is 0 Å². The number of halogens is 3. The van der Waals surface area contributed by atoms with E-state index in [-0.39, 0.29) is 10.4 Å². The molecular formula is C15H13Cl2F. The second-order valence-corrected chi connectivity index (χ2v) is 5.24.